The molecular weight excluding hydrogens is 304 g/mol. The van der Waals surface area contributed by atoms with Gasteiger partial charge in [-0.15, -0.1) is 0 Å². The zero-order valence-electron chi connectivity index (χ0n) is 15.7. The molecule has 0 unspecified atom stereocenters. The number of hydrogen-bond acceptors (Lipinski definition) is 1. The molecule has 1 fully saturated rings. The third kappa shape index (κ3) is 3.46. The highest BCUT2D eigenvalue weighted by Gasteiger charge is 2.25. The first-order chi connectivity index (χ1) is 12.1. The van der Waals surface area contributed by atoms with Crippen LogP contribution in [0.2, 0.25) is 0 Å². The van der Waals surface area contributed by atoms with Crippen LogP contribution in [0, 0.1) is 5.41 Å². The van der Waals surface area contributed by atoms with Gasteiger partial charge in [0.1, 0.15) is 0 Å². The molecule has 1 aliphatic heterocycles. The Kier molecular flexibility index (Phi) is 4.56. The molecule has 1 aliphatic rings. The zero-order valence-corrected chi connectivity index (χ0v) is 15.7. The van der Waals surface area contributed by atoms with Crippen LogP contribution in [0.1, 0.15) is 39.5 Å². The minimum Gasteiger partial charge on any atom is -0.340 e. The van der Waals surface area contributed by atoms with E-state index >= 15 is 0 Å². The number of unbranched alkanes of at least 4 members (excludes halogenated alkanes) is 1. The molecular formula is C23H30N2. The number of aryl methyl sites for hydroxylation is 1. The third-order valence-corrected chi connectivity index (χ3v) is 5.77. The molecule has 1 aromatic heterocycles. The molecule has 0 saturated carbocycles. The van der Waals surface area contributed by atoms with Crippen molar-refractivity contribution in [2.75, 3.05) is 19.6 Å². The number of hydrogen-bond donors (Lipinski definition) is 0. The van der Waals surface area contributed by atoms with E-state index in [1.54, 1.807) is 0 Å². The fourth-order valence-electron chi connectivity index (χ4n) is 4.59. The Morgan fingerprint density at radius 2 is 1.44 bits per heavy atom. The van der Waals surface area contributed by atoms with E-state index in [1.807, 2.05) is 0 Å². The smallest absolute Gasteiger partial charge is 0.0491 e. The number of likely N-dealkylation sites (tertiary alicyclic amines) is 1. The van der Waals surface area contributed by atoms with E-state index in [9.17, 15) is 0 Å². The molecule has 3 aromatic rings. The SMILES string of the molecule is CC1(C)CCCN(CCCCn2c3ccccc3c3ccccc32)C1. The number of aromatic nitrogens is 1. The molecule has 0 spiro atoms. The topological polar surface area (TPSA) is 8.17 Å². The lowest BCUT2D eigenvalue weighted by Gasteiger charge is -2.38. The fourth-order valence-corrected chi connectivity index (χ4v) is 4.59. The summed E-state index contributed by atoms with van der Waals surface area (Å²) >= 11 is 0. The van der Waals surface area contributed by atoms with Gasteiger partial charge < -0.3 is 9.47 Å². The van der Waals surface area contributed by atoms with E-state index in [4.69, 9.17) is 0 Å². The van der Waals surface area contributed by atoms with Gasteiger partial charge in [-0.3, -0.25) is 0 Å². The van der Waals surface area contributed by atoms with E-state index in [0.717, 1.165) is 6.54 Å². The number of nitrogens with zero attached hydrogens (tertiary/aromatic N) is 2. The largest absolute Gasteiger partial charge is 0.340 e. The summed E-state index contributed by atoms with van der Waals surface area (Å²) in [5, 5.41) is 2.77. The summed E-state index contributed by atoms with van der Waals surface area (Å²) in [5.41, 5.74) is 3.26. The van der Waals surface area contributed by atoms with Crippen LogP contribution in [0.3, 0.4) is 0 Å². The van der Waals surface area contributed by atoms with Crippen LogP contribution >= 0.6 is 0 Å². The van der Waals surface area contributed by atoms with Crippen molar-refractivity contribution < 1.29 is 0 Å². The monoisotopic (exact) mass is 334 g/mol. The van der Waals surface area contributed by atoms with E-state index in [0.29, 0.717) is 5.41 Å². The summed E-state index contributed by atoms with van der Waals surface area (Å²) in [6.07, 6.45) is 5.28. The third-order valence-electron chi connectivity index (χ3n) is 5.77. The minimum absolute atomic E-state index is 0.505. The Hall–Kier alpha value is -1.80. The number of para-hydroxylation sites is 2. The molecule has 4 rings (SSSR count). The van der Waals surface area contributed by atoms with Crippen molar-refractivity contribution in [1.82, 2.24) is 9.47 Å². The van der Waals surface area contributed by atoms with Crippen LogP contribution < -0.4 is 0 Å². The second kappa shape index (κ2) is 6.84. The summed E-state index contributed by atoms with van der Waals surface area (Å²) in [7, 11) is 0. The van der Waals surface area contributed by atoms with E-state index in [1.165, 1.54) is 67.1 Å². The molecule has 0 N–H and O–H groups in total. The van der Waals surface area contributed by atoms with Gasteiger partial charge in [0.25, 0.3) is 0 Å². The number of benzene rings is 2. The highest BCUT2D eigenvalue weighted by molar-refractivity contribution is 6.07. The minimum atomic E-state index is 0.505. The van der Waals surface area contributed by atoms with Crippen molar-refractivity contribution in [3.8, 4) is 0 Å². The lowest BCUT2D eigenvalue weighted by Crippen LogP contribution is -2.40. The summed E-state index contributed by atoms with van der Waals surface area (Å²) in [6.45, 7) is 9.75. The molecule has 2 aromatic carbocycles. The average Bonchev–Trinajstić information content (AvgIpc) is 2.92. The van der Waals surface area contributed by atoms with Crippen molar-refractivity contribution in [1.29, 1.82) is 0 Å². The summed E-state index contributed by atoms with van der Waals surface area (Å²) in [4.78, 5) is 2.68. The standard InChI is InChI=1S/C23H30N2/c1-23(2)14-9-16-24(18-23)15-7-8-17-25-21-12-5-3-10-19(21)20-11-4-6-13-22(20)25/h3-6,10-13H,7-9,14-18H2,1-2H3. The highest BCUT2D eigenvalue weighted by Crippen LogP contribution is 2.30. The fraction of sp³-hybridized carbons (Fsp3) is 0.478. The van der Waals surface area contributed by atoms with Gasteiger partial charge in [0, 0.05) is 34.9 Å². The molecule has 0 atom stereocenters. The van der Waals surface area contributed by atoms with Crippen molar-refractivity contribution in [2.24, 2.45) is 5.41 Å². The lowest BCUT2D eigenvalue weighted by atomic mass is 9.84. The molecule has 2 heteroatoms. The Balaban J connectivity index is 1.44. The predicted molar refractivity (Wildman–Crippen MR) is 108 cm³/mol. The molecule has 2 nitrogen and oxygen atoms in total. The Bertz CT molecular complexity index is 806. The molecule has 1 saturated heterocycles. The van der Waals surface area contributed by atoms with Gasteiger partial charge in [-0.25, -0.2) is 0 Å². The quantitative estimate of drug-likeness (QED) is 0.544. The van der Waals surface area contributed by atoms with Gasteiger partial charge in [0.05, 0.1) is 0 Å². The maximum Gasteiger partial charge on any atom is 0.0491 e. The predicted octanol–water partition coefficient (Wildman–Crippen LogP) is 5.70. The second-order valence-electron chi connectivity index (χ2n) is 8.44. The first kappa shape index (κ1) is 16.7. The molecule has 25 heavy (non-hydrogen) atoms. The number of piperidine rings is 1. The molecule has 0 radical (unpaired) electrons. The zero-order chi connectivity index (χ0) is 17.3. The lowest BCUT2D eigenvalue weighted by molar-refractivity contribution is 0.116. The molecule has 0 aliphatic carbocycles. The van der Waals surface area contributed by atoms with Gasteiger partial charge in [-0.05, 0) is 56.3 Å². The van der Waals surface area contributed by atoms with Gasteiger partial charge in [0.15, 0.2) is 0 Å². The first-order valence-electron chi connectivity index (χ1n) is 9.82. The Morgan fingerprint density at radius 3 is 2.08 bits per heavy atom. The van der Waals surface area contributed by atoms with Gasteiger partial charge in [0.2, 0.25) is 0 Å². The van der Waals surface area contributed by atoms with Crippen LogP contribution in [0.5, 0.6) is 0 Å². The van der Waals surface area contributed by atoms with Gasteiger partial charge in [-0.1, -0.05) is 50.2 Å². The van der Waals surface area contributed by atoms with Crippen LogP contribution in [-0.4, -0.2) is 29.1 Å². The normalized spacial score (nSPS) is 18.2. The van der Waals surface area contributed by atoms with Crippen molar-refractivity contribution in [2.45, 2.75) is 46.1 Å². The summed E-state index contributed by atoms with van der Waals surface area (Å²) in [5.74, 6) is 0. The van der Waals surface area contributed by atoms with Gasteiger partial charge in [-0.2, -0.15) is 0 Å². The second-order valence-corrected chi connectivity index (χ2v) is 8.44. The molecule has 0 amide bonds. The maximum absolute atomic E-state index is 2.68. The van der Waals surface area contributed by atoms with E-state index in [2.05, 4.69) is 71.8 Å². The van der Waals surface area contributed by atoms with E-state index < -0.39 is 0 Å². The van der Waals surface area contributed by atoms with Crippen molar-refractivity contribution in [3.05, 3.63) is 48.5 Å². The Labute approximate surface area is 151 Å². The van der Waals surface area contributed by atoms with Crippen LogP contribution in [0.25, 0.3) is 21.8 Å². The molecule has 2 heterocycles. The van der Waals surface area contributed by atoms with Crippen molar-refractivity contribution >= 4 is 21.8 Å². The van der Waals surface area contributed by atoms with Gasteiger partial charge >= 0.3 is 0 Å². The summed E-state index contributed by atoms with van der Waals surface area (Å²) < 4.78 is 2.52. The van der Waals surface area contributed by atoms with Crippen molar-refractivity contribution in [3.63, 3.8) is 0 Å². The first-order valence-corrected chi connectivity index (χ1v) is 9.82. The maximum atomic E-state index is 2.68. The van der Waals surface area contributed by atoms with Crippen LogP contribution in [0.4, 0.5) is 0 Å². The molecule has 0 bridgehead atoms. The average molecular weight is 335 g/mol. The van der Waals surface area contributed by atoms with Crippen LogP contribution in [0.15, 0.2) is 48.5 Å². The molecule has 132 valence electrons. The van der Waals surface area contributed by atoms with Crippen LogP contribution in [-0.2, 0) is 6.54 Å². The summed E-state index contributed by atoms with van der Waals surface area (Å²) in [6, 6.07) is 17.7. The Morgan fingerprint density at radius 1 is 0.840 bits per heavy atom. The number of rotatable bonds is 5. The number of fused-ring (bicyclic) bond motifs is 3. The highest BCUT2D eigenvalue weighted by atomic mass is 15.1. The van der Waals surface area contributed by atoms with E-state index in [-0.39, 0.29) is 0 Å².